The first-order chi connectivity index (χ1) is 11.5. The average Bonchev–Trinajstić information content (AvgIpc) is 2.58. The number of rotatable bonds is 4. The molecule has 0 bridgehead atoms. The summed E-state index contributed by atoms with van der Waals surface area (Å²) in [6.07, 6.45) is 0. The molecule has 5 heteroatoms. The Hall–Kier alpha value is -2.95. The Kier molecular flexibility index (Phi) is 5.84. The van der Waals surface area contributed by atoms with Crippen molar-refractivity contribution >= 4 is 17.5 Å². The molecule has 2 aromatic carbocycles. The summed E-state index contributed by atoms with van der Waals surface area (Å²) >= 11 is 0. The minimum Gasteiger partial charge on any atom is -0.245 e. The van der Waals surface area contributed by atoms with Crippen LogP contribution in [0.3, 0.4) is 0 Å². The molecule has 2 rings (SSSR count). The number of amides is 2. The van der Waals surface area contributed by atoms with Gasteiger partial charge in [-0.3, -0.25) is 0 Å². The van der Waals surface area contributed by atoms with Gasteiger partial charge >= 0.3 is 6.03 Å². The quantitative estimate of drug-likeness (QED) is 0.653. The third-order valence-corrected chi connectivity index (χ3v) is 3.59. The Bertz CT molecular complexity index is 693. The molecule has 24 heavy (non-hydrogen) atoms. The molecule has 0 aliphatic carbocycles. The van der Waals surface area contributed by atoms with Crippen molar-refractivity contribution in [2.24, 2.45) is 10.2 Å². The van der Waals surface area contributed by atoms with Gasteiger partial charge in [-0.2, -0.15) is 10.2 Å². The number of hydrogen-bond acceptors (Lipinski definition) is 3. The third-order valence-electron chi connectivity index (χ3n) is 3.59. The van der Waals surface area contributed by atoms with Crippen molar-refractivity contribution in [2.45, 2.75) is 27.7 Å². The summed E-state index contributed by atoms with van der Waals surface area (Å²) in [5.41, 5.74) is 10.6. The molecule has 0 saturated heterocycles. The highest BCUT2D eigenvalue weighted by Gasteiger charge is 2.01. The van der Waals surface area contributed by atoms with Crippen LogP contribution in [0.15, 0.2) is 58.7 Å². The first kappa shape index (κ1) is 17.4. The lowest BCUT2D eigenvalue weighted by Gasteiger charge is -2.04. The van der Waals surface area contributed by atoms with Gasteiger partial charge in [0, 0.05) is 0 Å². The van der Waals surface area contributed by atoms with E-state index in [1.165, 1.54) is 11.1 Å². The van der Waals surface area contributed by atoms with E-state index in [2.05, 4.69) is 21.1 Å². The molecule has 2 aromatic rings. The Morgan fingerprint density at radius 3 is 1.38 bits per heavy atom. The molecule has 0 aromatic heterocycles. The van der Waals surface area contributed by atoms with Crippen LogP contribution in [0.4, 0.5) is 4.79 Å². The zero-order valence-corrected chi connectivity index (χ0v) is 14.4. The van der Waals surface area contributed by atoms with E-state index in [-0.39, 0.29) is 0 Å². The summed E-state index contributed by atoms with van der Waals surface area (Å²) < 4.78 is 0. The second-order valence-electron chi connectivity index (χ2n) is 5.68. The van der Waals surface area contributed by atoms with Crippen LogP contribution in [0.5, 0.6) is 0 Å². The third kappa shape index (κ3) is 5.05. The molecule has 2 amide bonds. The van der Waals surface area contributed by atoms with E-state index in [9.17, 15) is 4.79 Å². The number of urea groups is 1. The van der Waals surface area contributed by atoms with Crippen LogP contribution in [0.1, 0.15) is 36.1 Å². The van der Waals surface area contributed by atoms with E-state index in [1.807, 2.05) is 76.2 Å². The number of hydrazone groups is 2. The number of hydrogen-bond donors (Lipinski definition) is 2. The van der Waals surface area contributed by atoms with Crippen LogP contribution >= 0.6 is 0 Å². The summed E-state index contributed by atoms with van der Waals surface area (Å²) in [6, 6.07) is 15.4. The zero-order valence-electron chi connectivity index (χ0n) is 14.4. The molecule has 0 spiro atoms. The molecule has 0 radical (unpaired) electrons. The molecular weight excluding hydrogens is 300 g/mol. The number of benzene rings is 2. The summed E-state index contributed by atoms with van der Waals surface area (Å²) in [5.74, 6) is 0. The highest BCUT2D eigenvalue weighted by atomic mass is 16.2. The van der Waals surface area contributed by atoms with Gasteiger partial charge in [0.2, 0.25) is 0 Å². The number of nitrogens with zero attached hydrogens (tertiary/aromatic N) is 2. The Morgan fingerprint density at radius 2 is 1.04 bits per heavy atom. The fourth-order valence-electron chi connectivity index (χ4n) is 2.01. The molecule has 0 atom stereocenters. The fourth-order valence-corrected chi connectivity index (χ4v) is 2.01. The number of aryl methyl sites for hydroxylation is 2. The van der Waals surface area contributed by atoms with Gasteiger partial charge in [0.25, 0.3) is 0 Å². The van der Waals surface area contributed by atoms with Crippen molar-refractivity contribution in [3.05, 3.63) is 70.8 Å². The molecule has 2 N–H and O–H groups in total. The summed E-state index contributed by atoms with van der Waals surface area (Å²) in [7, 11) is 0. The number of nitrogens with one attached hydrogen (secondary N) is 2. The van der Waals surface area contributed by atoms with Crippen LogP contribution in [-0.2, 0) is 0 Å². The first-order valence-electron chi connectivity index (χ1n) is 7.74. The van der Waals surface area contributed by atoms with E-state index >= 15 is 0 Å². The predicted molar refractivity (Wildman–Crippen MR) is 98.4 cm³/mol. The second-order valence-corrected chi connectivity index (χ2v) is 5.68. The minimum absolute atomic E-state index is 0.479. The molecule has 0 saturated carbocycles. The van der Waals surface area contributed by atoms with Crippen molar-refractivity contribution in [3.63, 3.8) is 0 Å². The zero-order chi connectivity index (χ0) is 17.5. The van der Waals surface area contributed by atoms with Crippen molar-refractivity contribution in [3.8, 4) is 0 Å². The van der Waals surface area contributed by atoms with Gasteiger partial charge in [0.05, 0.1) is 11.4 Å². The van der Waals surface area contributed by atoms with Crippen molar-refractivity contribution < 1.29 is 4.79 Å². The average molecular weight is 322 g/mol. The smallest absolute Gasteiger partial charge is 0.245 e. The lowest BCUT2D eigenvalue weighted by atomic mass is 10.1. The lowest BCUT2D eigenvalue weighted by Crippen LogP contribution is -2.30. The summed E-state index contributed by atoms with van der Waals surface area (Å²) in [4.78, 5) is 11.8. The topological polar surface area (TPSA) is 65.8 Å². The maximum absolute atomic E-state index is 11.8. The van der Waals surface area contributed by atoms with Crippen molar-refractivity contribution in [1.29, 1.82) is 0 Å². The molecule has 0 aliphatic rings. The molecule has 0 heterocycles. The van der Waals surface area contributed by atoms with Crippen molar-refractivity contribution in [2.75, 3.05) is 0 Å². The van der Waals surface area contributed by atoms with Crippen LogP contribution in [0.25, 0.3) is 0 Å². The largest absolute Gasteiger partial charge is 0.355 e. The lowest BCUT2D eigenvalue weighted by molar-refractivity contribution is 0.242. The van der Waals surface area contributed by atoms with Crippen molar-refractivity contribution in [1.82, 2.24) is 10.9 Å². The van der Waals surface area contributed by atoms with Crippen LogP contribution in [-0.4, -0.2) is 17.5 Å². The molecule has 0 unspecified atom stereocenters. The molecule has 0 fully saturated rings. The van der Waals surface area contributed by atoms with E-state index < -0.39 is 6.03 Å². The Labute approximate surface area is 142 Å². The van der Waals surface area contributed by atoms with E-state index in [0.717, 1.165) is 22.6 Å². The van der Waals surface area contributed by atoms with Gasteiger partial charge in [-0.15, -0.1) is 0 Å². The normalized spacial score (nSPS) is 12.0. The molecule has 0 aliphatic heterocycles. The molecular formula is C19H22N4O. The number of carbonyl (C=O) groups is 1. The monoisotopic (exact) mass is 322 g/mol. The SMILES string of the molecule is C/C(=N\NC(=O)N/N=C(\C)c1ccc(C)cc1)c1ccc(C)cc1. The molecule has 124 valence electrons. The van der Waals surface area contributed by atoms with E-state index in [1.54, 1.807) is 0 Å². The highest BCUT2D eigenvalue weighted by Crippen LogP contribution is 2.05. The number of carbonyl (C=O) groups excluding carboxylic acids is 1. The van der Waals surface area contributed by atoms with E-state index in [0.29, 0.717) is 0 Å². The highest BCUT2D eigenvalue weighted by molar-refractivity contribution is 6.00. The summed E-state index contributed by atoms with van der Waals surface area (Å²) in [6.45, 7) is 7.73. The Balaban J connectivity index is 1.92. The molecule has 5 nitrogen and oxygen atoms in total. The van der Waals surface area contributed by atoms with Gasteiger partial charge in [0.15, 0.2) is 0 Å². The second kappa shape index (κ2) is 8.06. The van der Waals surface area contributed by atoms with Gasteiger partial charge in [0.1, 0.15) is 0 Å². The summed E-state index contributed by atoms with van der Waals surface area (Å²) in [5, 5.41) is 8.14. The first-order valence-corrected chi connectivity index (χ1v) is 7.74. The van der Waals surface area contributed by atoms with Crippen LogP contribution < -0.4 is 10.9 Å². The standard InChI is InChI=1S/C19H22N4O/c1-13-5-9-17(10-6-13)15(3)20-22-19(24)23-21-16(4)18-11-7-14(2)8-12-18/h5-12H,1-4H3,(H2,22,23,24)/b20-15+,21-16+. The van der Waals surface area contributed by atoms with Gasteiger partial charge in [-0.05, 0) is 38.8 Å². The Morgan fingerprint density at radius 1 is 0.708 bits per heavy atom. The van der Waals surface area contributed by atoms with Gasteiger partial charge in [-0.25, -0.2) is 15.6 Å². The minimum atomic E-state index is -0.479. The fraction of sp³-hybridized carbons (Fsp3) is 0.211. The predicted octanol–water partition coefficient (Wildman–Crippen LogP) is 3.75. The van der Waals surface area contributed by atoms with Crippen LogP contribution in [0, 0.1) is 13.8 Å². The van der Waals surface area contributed by atoms with Crippen LogP contribution in [0.2, 0.25) is 0 Å². The van der Waals surface area contributed by atoms with E-state index in [4.69, 9.17) is 0 Å². The van der Waals surface area contributed by atoms with Gasteiger partial charge in [-0.1, -0.05) is 59.7 Å². The maximum atomic E-state index is 11.8. The maximum Gasteiger partial charge on any atom is 0.355 e. The van der Waals surface area contributed by atoms with Gasteiger partial charge < -0.3 is 0 Å².